The van der Waals surface area contributed by atoms with Crippen molar-refractivity contribution in [1.29, 1.82) is 0 Å². The fourth-order valence-electron chi connectivity index (χ4n) is 4.48. The molecule has 43 heavy (non-hydrogen) atoms. The molecule has 0 spiro atoms. The summed E-state index contributed by atoms with van der Waals surface area (Å²) < 4.78 is 11.5. The molecule has 1 fully saturated rings. The number of phenols is 1. The quantitative estimate of drug-likeness (QED) is 0.339. The van der Waals surface area contributed by atoms with Crippen molar-refractivity contribution in [1.82, 2.24) is 10.2 Å². The minimum atomic E-state index is -1.01. The Morgan fingerprint density at radius 3 is 2.26 bits per heavy atom. The number of hydrogen-bond acceptors (Lipinski definition) is 9. The Hall–Kier alpha value is -3.18. The molecule has 2 aromatic carbocycles. The van der Waals surface area contributed by atoms with Crippen LogP contribution in [0.1, 0.15) is 71.4 Å². The van der Waals surface area contributed by atoms with E-state index < -0.39 is 34.9 Å². The van der Waals surface area contributed by atoms with E-state index in [1.807, 2.05) is 45.0 Å². The summed E-state index contributed by atoms with van der Waals surface area (Å²) in [6.45, 7) is 12.6. The van der Waals surface area contributed by atoms with Gasteiger partial charge in [0.1, 0.15) is 40.2 Å². The molecular weight excluding hydrogens is 588 g/mol. The zero-order valence-electron chi connectivity index (χ0n) is 25.8. The summed E-state index contributed by atoms with van der Waals surface area (Å²) >= 11 is 2.40. The second-order valence-corrected chi connectivity index (χ2v) is 14.7. The summed E-state index contributed by atoms with van der Waals surface area (Å²) in [5.41, 5.74) is 0.159. The summed E-state index contributed by atoms with van der Waals surface area (Å²) in [5.74, 6) is -0.179. The number of ether oxygens (including phenoxy) is 2. The largest absolute Gasteiger partial charge is 0.508 e. The van der Waals surface area contributed by atoms with Crippen LogP contribution in [0.15, 0.2) is 48.5 Å². The fraction of sp³-hybridized carbons (Fsp3) is 0.500. The molecule has 0 bridgehead atoms. The van der Waals surface area contributed by atoms with Crippen molar-refractivity contribution in [3.63, 3.8) is 0 Å². The van der Waals surface area contributed by atoms with Gasteiger partial charge in [0, 0.05) is 36.8 Å². The minimum absolute atomic E-state index is 0.0162. The van der Waals surface area contributed by atoms with Crippen LogP contribution in [-0.2, 0) is 30.3 Å². The predicted octanol–water partition coefficient (Wildman–Crippen LogP) is 5.25. The second kappa shape index (κ2) is 14.5. The van der Waals surface area contributed by atoms with Crippen molar-refractivity contribution in [2.24, 2.45) is 0 Å². The lowest BCUT2D eigenvalue weighted by atomic mass is 10.0. The van der Waals surface area contributed by atoms with Crippen LogP contribution in [0.2, 0.25) is 0 Å². The number of nitrogens with zero attached hydrogens (tertiary/aromatic N) is 1. The molecule has 1 unspecified atom stereocenters. The van der Waals surface area contributed by atoms with Gasteiger partial charge in [0.15, 0.2) is 5.12 Å². The van der Waals surface area contributed by atoms with Crippen LogP contribution >= 0.6 is 23.5 Å². The van der Waals surface area contributed by atoms with E-state index >= 15 is 0 Å². The van der Waals surface area contributed by atoms with Gasteiger partial charge in [-0.2, -0.15) is 0 Å². The molecule has 0 aromatic heterocycles. The van der Waals surface area contributed by atoms with Crippen molar-refractivity contribution in [2.45, 2.75) is 90.0 Å². The molecule has 234 valence electrons. The first-order chi connectivity index (χ1) is 20.0. The van der Waals surface area contributed by atoms with Crippen molar-refractivity contribution < 1.29 is 33.8 Å². The average Bonchev–Trinajstić information content (AvgIpc) is 3.33. The van der Waals surface area contributed by atoms with E-state index in [-0.39, 0.29) is 46.7 Å². The van der Waals surface area contributed by atoms with E-state index in [0.29, 0.717) is 11.3 Å². The van der Waals surface area contributed by atoms with Gasteiger partial charge in [0.05, 0.1) is 0 Å². The van der Waals surface area contributed by atoms with E-state index in [2.05, 4.69) is 5.32 Å². The Labute approximate surface area is 262 Å². The number of esters is 1. The smallest absolute Gasteiger partial charge is 0.329 e. The monoisotopic (exact) mass is 630 g/mol. The van der Waals surface area contributed by atoms with Gasteiger partial charge in [-0.1, -0.05) is 42.1 Å². The maximum Gasteiger partial charge on any atom is 0.329 e. The third-order valence-corrected chi connectivity index (χ3v) is 8.33. The van der Waals surface area contributed by atoms with Crippen molar-refractivity contribution in [2.75, 3.05) is 11.5 Å². The topological polar surface area (TPSA) is 122 Å². The Kier molecular flexibility index (Phi) is 11.6. The minimum Gasteiger partial charge on any atom is -0.508 e. The zero-order valence-corrected chi connectivity index (χ0v) is 27.5. The van der Waals surface area contributed by atoms with Crippen molar-refractivity contribution in [3.05, 3.63) is 59.7 Å². The summed E-state index contributed by atoms with van der Waals surface area (Å²) in [6, 6.07) is 12.1. The molecule has 0 saturated carbocycles. The van der Waals surface area contributed by atoms with Gasteiger partial charge in [-0.25, -0.2) is 4.79 Å². The van der Waals surface area contributed by atoms with E-state index in [4.69, 9.17) is 9.47 Å². The number of hydrogen-bond donors (Lipinski definition) is 2. The van der Waals surface area contributed by atoms with Gasteiger partial charge in [0.2, 0.25) is 11.8 Å². The molecule has 2 N–H and O–H groups in total. The third-order valence-electron chi connectivity index (χ3n) is 6.21. The number of para-hydroxylation sites is 1. The number of aromatic hydroxyl groups is 1. The number of amides is 2. The SMILES string of the molecule is CC(=O)SCCC(=O)N1[C@@H](c2ccccc2O)SC[C@H]1C(=O)NC(Cc1ccc(OC(C)(C)C)cc1)C(=O)OC(C)(C)C. The maximum atomic E-state index is 13.8. The van der Waals surface area contributed by atoms with E-state index in [1.165, 1.54) is 29.7 Å². The van der Waals surface area contributed by atoms with Crippen LogP contribution in [-0.4, -0.2) is 67.7 Å². The normalized spacial score (nSPS) is 17.7. The highest BCUT2D eigenvalue weighted by atomic mass is 32.2. The van der Waals surface area contributed by atoms with Gasteiger partial charge in [-0.15, -0.1) is 11.8 Å². The Balaban J connectivity index is 1.86. The lowest BCUT2D eigenvalue weighted by molar-refractivity contribution is -0.159. The molecule has 1 aliphatic heterocycles. The van der Waals surface area contributed by atoms with Crippen LogP contribution in [0.3, 0.4) is 0 Å². The third kappa shape index (κ3) is 10.5. The molecule has 0 radical (unpaired) electrons. The number of phenolic OH excluding ortho intramolecular Hbond substituents is 1. The van der Waals surface area contributed by atoms with Crippen LogP contribution in [0.5, 0.6) is 11.5 Å². The molecule has 11 heteroatoms. The van der Waals surface area contributed by atoms with Gasteiger partial charge in [-0.05, 0) is 65.3 Å². The first kappa shape index (κ1) is 34.3. The van der Waals surface area contributed by atoms with Gasteiger partial charge >= 0.3 is 5.97 Å². The molecule has 1 aliphatic rings. The number of benzene rings is 2. The number of thioether (sulfide) groups is 2. The van der Waals surface area contributed by atoms with E-state index in [0.717, 1.165) is 17.3 Å². The average molecular weight is 631 g/mol. The molecule has 1 saturated heterocycles. The lowest BCUT2D eigenvalue weighted by Crippen LogP contribution is -2.53. The summed E-state index contributed by atoms with van der Waals surface area (Å²) in [6.07, 6.45) is 0.208. The molecular formula is C32H42N2O7S2. The lowest BCUT2D eigenvalue weighted by Gasteiger charge is -2.31. The first-order valence-corrected chi connectivity index (χ1v) is 16.2. The molecule has 2 aromatic rings. The Morgan fingerprint density at radius 1 is 1.02 bits per heavy atom. The highest BCUT2D eigenvalue weighted by Gasteiger charge is 2.44. The predicted molar refractivity (Wildman–Crippen MR) is 170 cm³/mol. The summed E-state index contributed by atoms with van der Waals surface area (Å²) in [4.78, 5) is 53.5. The van der Waals surface area contributed by atoms with Gasteiger partial charge in [-0.3, -0.25) is 14.4 Å². The number of carbonyl (C=O) groups excluding carboxylic acids is 4. The first-order valence-electron chi connectivity index (χ1n) is 14.2. The Morgan fingerprint density at radius 2 is 1.67 bits per heavy atom. The van der Waals surface area contributed by atoms with Gasteiger partial charge in [0.25, 0.3) is 0 Å². The van der Waals surface area contributed by atoms with Crippen LogP contribution in [0.25, 0.3) is 0 Å². The molecule has 3 atom stereocenters. The van der Waals surface area contributed by atoms with Crippen molar-refractivity contribution in [3.8, 4) is 11.5 Å². The van der Waals surface area contributed by atoms with Gasteiger partial charge < -0.3 is 24.8 Å². The zero-order chi connectivity index (χ0) is 31.9. The molecule has 2 amide bonds. The summed E-state index contributed by atoms with van der Waals surface area (Å²) in [5, 5.41) is 12.7. The highest BCUT2D eigenvalue weighted by Crippen LogP contribution is 2.44. The standard InChI is InChI=1S/C32H42N2O7S2/c1-20(35)42-17-16-27(37)34-25(19-43-29(34)23-10-8-9-11-26(23)36)28(38)33-24(30(39)41-32(5,6)7)18-21-12-14-22(15-13-21)40-31(2,3)4/h8-15,24-25,29,36H,16-19H2,1-7H3,(H,33,38)/t24?,25-,29+/m0/s1. The maximum absolute atomic E-state index is 13.8. The van der Waals surface area contributed by atoms with Crippen LogP contribution < -0.4 is 10.1 Å². The van der Waals surface area contributed by atoms with Crippen molar-refractivity contribution >= 4 is 46.4 Å². The number of carbonyl (C=O) groups is 4. The van der Waals surface area contributed by atoms with Crippen LogP contribution in [0.4, 0.5) is 0 Å². The number of rotatable bonds is 10. The van der Waals surface area contributed by atoms with E-state index in [1.54, 1.807) is 39.0 Å². The highest BCUT2D eigenvalue weighted by molar-refractivity contribution is 8.13. The molecule has 1 heterocycles. The Bertz CT molecular complexity index is 1300. The summed E-state index contributed by atoms with van der Waals surface area (Å²) in [7, 11) is 0. The second-order valence-electron chi connectivity index (χ2n) is 12.3. The fourth-order valence-corrected chi connectivity index (χ4v) is 6.52. The molecule has 3 rings (SSSR count). The van der Waals surface area contributed by atoms with Crippen LogP contribution in [0, 0.1) is 0 Å². The number of nitrogens with one attached hydrogen (secondary N) is 1. The van der Waals surface area contributed by atoms with E-state index in [9.17, 15) is 24.3 Å². The molecule has 9 nitrogen and oxygen atoms in total. The molecule has 0 aliphatic carbocycles.